The van der Waals surface area contributed by atoms with Crippen LogP contribution in [0.25, 0.3) is 5.82 Å². The van der Waals surface area contributed by atoms with Crippen molar-refractivity contribution in [2.24, 2.45) is 0 Å². The van der Waals surface area contributed by atoms with Crippen LogP contribution >= 0.6 is 0 Å². The minimum absolute atomic E-state index is 0.114. The Morgan fingerprint density at radius 3 is 2.59 bits per heavy atom. The lowest BCUT2D eigenvalue weighted by atomic mass is 10.4. The SMILES string of the molecule is Nc1nc(-[n+]2ccccc2)c([N+](=O)[O-])c(=O)[nH]1. The average Bonchev–Trinajstić information content (AvgIpc) is 2.28. The van der Waals surface area contributed by atoms with Gasteiger partial charge in [-0.05, 0) is 12.1 Å². The molecule has 0 aromatic carbocycles. The normalized spacial score (nSPS) is 10.1. The van der Waals surface area contributed by atoms with E-state index in [4.69, 9.17) is 5.73 Å². The zero-order chi connectivity index (χ0) is 12.4. The Labute approximate surface area is 94.5 Å². The van der Waals surface area contributed by atoms with Gasteiger partial charge < -0.3 is 5.73 Å². The first-order chi connectivity index (χ1) is 8.09. The van der Waals surface area contributed by atoms with E-state index in [-0.39, 0.29) is 11.8 Å². The van der Waals surface area contributed by atoms with E-state index >= 15 is 0 Å². The third-order valence-corrected chi connectivity index (χ3v) is 2.04. The summed E-state index contributed by atoms with van der Waals surface area (Å²) in [5.74, 6) is -0.288. The van der Waals surface area contributed by atoms with Crippen LogP contribution in [0.4, 0.5) is 11.6 Å². The second kappa shape index (κ2) is 4.00. The summed E-state index contributed by atoms with van der Waals surface area (Å²) < 4.78 is 1.35. The summed E-state index contributed by atoms with van der Waals surface area (Å²) in [4.78, 5) is 27.3. The molecule has 0 aliphatic heterocycles. The van der Waals surface area contributed by atoms with Crippen LogP contribution in [0.15, 0.2) is 35.4 Å². The predicted octanol–water partition coefficient (Wildman–Crippen LogP) is -0.463. The van der Waals surface area contributed by atoms with E-state index in [9.17, 15) is 14.9 Å². The summed E-state index contributed by atoms with van der Waals surface area (Å²) in [6, 6.07) is 5.05. The fraction of sp³-hybridized carbons (Fsp3) is 0. The molecule has 0 unspecified atom stereocenters. The van der Waals surface area contributed by atoms with Crippen LogP contribution < -0.4 is 15.9 Å². The second-order valence-corrected chi connectivity index (χ2v) is 3.16. The van der Waals surface area contributed by atoms with E-state index in [0.29, 0.717) is 0 Å². The molecule has 0 radical (unpaired) electrons. The number of aromatic nitrogens is 3. The van der Waals surface area contributed by atoms with Crippen LogP contribution in [0, 0.1) is 10.1 Å². The maximum atomic E-state index is 11.4. The molecule has 17 heavy (non-hydrogen) atoms. The number of nitro groups is 1. The summed E-state index contributed by atoms with van der Waals surface area (Å²) in [6.07, 6.45) is 3.07. The number of nitrogens with one attached hydrogen (secondary N) is 1. The maximum Gasteiger partial charge on any atom is 0.426 e. The highest BCUT2D eigenvalue weighted by Gasteiger charge is 2.30. The van der Waals surface area contributed by atoms with Gasteiger partial charge in [0, 0.05) is 4.98 Å². The number of pyridine rings is 1. The molecular weight excluding hydrogens is 226 g/mol. The van der Waals surface area contributed by atoms with Gasteiger partial charge in [0.2, 0.25) is 0 Å². The number of aromatic amines is 1. The summed E-state index contributed by atoms with van der Waals surface area (Å²) in [6.45, 7) is 0. The summed E-state index contributed by atoms with van der Waals surface area (Å²) in [5.41, 5.74) is 3.84. The van der Waals surface area contributed by atoms with Crippen LogP contribution in [-0.2, 0) is 0 Å². The maximum absolute atomic E-state index is 11.4. The standard InChI is InChI=1S/C9H7N5O3/c10-9-11-7(13-4-2-1-3-5-13)6(14(16)17)8(15)12-9/h1-5H,(H2-,10,11,12,15)/p+1. The van der Waals surface area contributed by atoms with Gasteiger partial charge in [-0.1, -0.05) is 6.07 Å². The molecule has 0 aliphatic rings. The lowest BCUT2D eigenvalue weighted by molar-refractivity contribution is -0.604. The number of hydrogen-bond acceptors (Lipinski definition) is 5. The molecule has 2 rings (SSSR count). The van der Waals surface area contributed by atoms with Crippen molar-refractivity contribution in [2.75, 3.05) is 5.73 Å². The van der Waals surface area contributed by atoms with Gasteiger partial charge in [-0.3, -0.25) is 19.9 Å². The third-order valence-electron chi connectivity index (χ3n) is 2.04. The number of nitrogens with two attached hydrogens (primary N) is 1. The second-order valence-electron chi connectivity index (χ2n) is 3.16. The van der Waals surface area contributed by atoms with Crippen molar-refractivity contribution >= 4 is 11.6 Å². The van der Waals surface area contributed by atoms with E-state index in [1.165, 1.54) is 17.0 Å². The van der Waals surface area contributed by atoms with Crippen molar-refractivity contribution in [3.05, 3.63) is 51.1 Å². The topological polar surface area (TPSA) is 119 Å². The van der Waals surface area contributed by atoms with Gasteiger partial charge in [-0.2, -0.15) is 4.57 Å². The van der Waals surface area contributed by atoms with E-state index in [1.54, 1.807) is 18.2 Å². The van der Waals surface area contributed by atoms with Crippen LogP contribution in [0.1, 0.15) is 0 Å². The molecular formula is C9H8N5O3+. The van der Waals surface area contributed by atoms with Crippen LogP contribution in [0.3, 0.4) is 0 Å². The third kappa shape index (κ3) is 1.95. The number of H-pyrrole nitrogens is 1. The van der Waals surface area contributed by atoms with Crippen molar-refractivity contribution in [1.29, 1.82) is 0 Å². The van der Waals surface area contributed by atoms with Crippen LogP contribution in [0.2, 0.25) is 0 Å². The Bertz CT molecular complexity index is 622. The smallest absolute Gasteiger partial charge is 0.348 e. The van der Waals surface area contributed by atoms with Gasteiger partial charge in [0.25, 0.3) is 0 Å². The van der Waals surface area contributed by atoms with Gasteiger partial charge in [0.15, 0.2) is 0 Å². The molecule has 0 saturated carbocycles. The number of anilines is 1. The molecule has 0 atom stereocenters. The zero-order valence-electron chi connectivity index (χ0n) is 8.53. The van der Waals surface area contributed by atoms with Gasteiger partial charge in [0.05, 0.1) is 17.3 Å². The highest BCUT2D eigenvalue weighted by molar-refractivity contribution is 5.41. The Morgan fingerprint density at radius 1 is 1.35 bits per heavy atom. The lowest BCUT2D eigenvalue weighted by Crippen LogP contribution is -2.35. The highest BCUT2D eigenvalue weighted by Crippen LogP contribution is 2.09. The predicted molar refractivity (Wildman–Crippen MR) is 57.5 cm³/mol. The molecule has 0 amide bonds. The number of rotatable bonds is 2. The van der Waals surface area contributed by atoms with Crippen molar-refractivity contribution in [1.82, 2.24) is 9.97 Å². The first kappa shape index (κ1) is 10.7. The fourth-order valence-corrected chi connectivity index (χ4v) is 1.36. The molecule has 2 aromatic heterocycles. The summed E-state index contributed by atoms with van der Waals surface area (Å²) in [5, 5.41) is 10.8. The minimum Gasteiger partial charge on any atom is -0.348 e. The van der Waals surface area contributed by atoms with E-state index < -0.39 is 16.2 Å². The Hall–Kier alpha value is -2.77. The lowest BCUT2D eigenvalue weighted by Gasteiger charge is -1.96. The van der Waals surface area contributed by atoms with Crippen molar-refractivity contribution in [3.63, 3.8) is 0 Å². The fourth-order valence-electron chi connectivity index (χ4n) is 1.36. The molecule has 0 saturated heterocycles. The molecule has 2 heterocycles. The first-order valence-electron chi connectivity index (χ1n) is 4.60. The monoisotopic (exact) mass is 234 g/mol. The molecule has 0 spiro atoms. The van der Waals surface area contributed by atoms with E-state index in [2.05, 4.69) is 9.97 Å². The molecule has 0 bridgehead atoms. The Balaban J connectivity index is 2.77. The van der Waals surface area contributed by atoms with Crippen molar-refractivity contribution in [3.8, 4) is 5.82 Å². The van der Waals surface area contributed by atoms with Gasteiger partial charge in [-0.15, -0.1) is 0 Å². The number of nitrogen functional groups attached to an aromatic ring is 1. The van der Waals surface area contributed by atoms with Gasteiger partial charge in [-0.25, -0.2) is 0 Å². The quantitative estimate of drug-likeness (QED) is 0.414. The van der Waals surface area contributed by atoms with E-state index in [0.717, 1.165) is 0 Å². The first-order valence-corrected chi connectivity index (χ1v) is 4.60. The molecule has 2 aromatic rings. The molecule has 86 valence electrons. The summed E-state index contributed by atoms with van der Waals surface area (Å²) >= 11 is 0. The van der Waals surface area contributed by atoms with Crippen LogP contribution in [0.5, 0.6) is 0 Å². The molecule has 3 N–H and O–H groups in total. The van der Waals surface area contributed by atoms with Gasteiger partial charge >= 0.3 is 23.0 Å². The average molecular weight is 234 g/mol. The van der Waals surface area contributed by atoms with Crippen molar-refractivity contribution < 1.29 is 9.49 Å². The van der Waals surface area contributed by atoms with E-state index in [1.807, 2.05) is 0 Å². The molecule has 0 aliphatic carbocycles. The Kier molecular flexibility index (Phi) is 2.53. The number of nitrogens with zero attached hydrogens (tertiary/aromatic N) is 3. The zero-order valence-corrected chi connectivity index (χ0v) is 8.53. The highest BCUT2D eigenvalue weighted by atomic mass is 16.6. The number of hydrogen-bond donors (Lipinski definition) is 2. The molecule has 0 fully saturated rings. The van der Waals surface area contributed by atoms with Crippen LogP contribution in [-0.4, -0.2) is 14.9 Å². The largest absolute Gasteiger partial charge is 0.426 e. The minimum atomic E-state index is -0.881. The molecule has 8 heteroatoms. The summed E-state index contributed by atoms with van der Waals surface area (Å²) in [7, 11) is 0. The Morgan fingerprint density at radius 2 is 2.00 bits per heavy atom. The van der Waals surface area contributed by atoms with Gasteiger partial charge in [0.1, 0.15) is 0 Å². The molecule has 8 nitrogen and oxygen atoms in total. The van der Waals surface area contributed by atoms with Crippen molar-refractivity contribution in [2.45, 2.75) is 0 Å².